The van der Waals surface area contributed by atoms with E-state index in [1.165, 1.54) is 0 Å². The SMILES string of the molecule is NNc1cc2ccc(Cl)cc2cc1I. The molecule has 4 heteroatoms. The number of nitrogens with one attached hydrogen (secondary N) is 1. The van der Waals surface area contributed by atoms with E-state index in [9.17, 15) is 0 Å². The average Bonchev–Trinajstić information content (AvgIpc) is 2.16. The lowest BCUT2D eigenvalue weighted by Gasteiger charge is -2.06. The van der Waals surface area contributed by atoms with E-state index in [4.69, 9.17) is 17.4 Å². The molecular formula is C10H8ClIN2. The maximum absolute atomic E-state index is 5.90. The van der Waals surface area contributed by atoms with E-state index in [1.807, 2.05) is 24.3 Å². The van der Waals surface area contributed by atoms with Crippen LogP contribution in [-0.2, 0) is 0 Å². The fraction of sp³-hybridized carbons (Fsp3) is 0. The molecule has 0 fully saturated rings. The number of benzene rings is 2. The van der Waals surface area contributed by atoms with Gasteiger partial charge < -0.3 is 5.43 Å². The van der Waals surface area contributed by atoms with E-state index in [-0.39, 0.29) is 0 Å². The molecule has 0 atom stereocenters. The number of nitrogens with two attached hydrogens (primary N) is 1. The summed E-state index contributed by atoms with van der Waals surface area (Å²) >= 11 is 8.14. The number of hydrogen-bond donors (Lipinski definition) is 2. The Kier molecular flexibility index (Phi) is 2.80. The maximum atomic E-state index is 5.90. The summed E-state index contributed by atoms with van der Waals surface area (Å²) < 4.78 is 1.08. The van der Waals surface area contributed by atoms with Gasteiger partial charge in [0.05, 0.1) is 5.69 Å². The lowest BCUT2D eigenvalue weighted by Crippen LogP contribution is -2.07. The van der Waals surface area contributed by atoms with Crippen LogP contribution in [0.2, 0.25) is 5.02 Å². The van der Waals surface area contributed by atoms with Crippen molar-refractivity contribution in [1.82, 2.24) is 0 Å². The van der Waals surface area contributed by atoms with E-state index in [2.05, 4.69) is 34.1 Å². The first kappa shape index (κ1) is 10.0. The van der Waals surface area contributed by atoms with Crippen molar-refractivity contribution in [3.63, 3.8) is 0 Å². The summed E-state index contributed by atoms with van der Waals surface area (Å²) in [6, 6.07) is 9.86. The molecule has 0 saturated heterocycles. The Morgan fingerprint density at radius 3 is 2.64 bits per heavy atom. The van der Waals surface area contributed by atoms with Crippen molar-refractivity contribution in [3.8, 4) is 0 Å². The molecule has 0 unspecified atom stereocenters. The summed E-state index contributed by atoms with van der Waals surface area (Å²) in [5, 5.41) is 3.01. The number of halogens is 2. The van der Waals surface area contributed by atoms with Crippen LogP contribution >= 0.6 is 34.2 Å². The number of hydrazine groups is 1. The second-order valence-electron chi connectivity index (χ2n) is 2.97. The Labute approximate surface area is 101 Å². The normalized spacial score (nSPS) is 10.5. The zero-order valence-corrected chi connectivity index (χ0v) is 10.1. The average molecular weight is 319 g/mol. The van der Waals surface area contributed by atoms with Crippen molar-refractivity contribution in [3.05, 3.63) is 38.9 Å². The molecule has 14 heavy (non-hydrogen) atoms. The van der Waals surface area contributed by atoms with Crippen LogP contribution in [0.25, 0.3) is 10.8 Å². The largest absolute Gasteiger partial charge is 0.323 e. The minimum atomic E-state index is 0.752. The molecule has 0 bridgehead atoms. The van der Waals surface area contributed by atoms with Crippen LogP contribution in [0, 0.1) is 3.57 Å². The van der Waals surface area contributed by atoms with Crippen molar-refractivity contribution >= 4 is 50.7 Å². The third kappa shape index (κ3) is 1.80. The van der Waals surface area contributed by atoms with Crippen LogP contribution in [0.3, 0.4) is 0 Å². The van der Waals surface area contributed by atoms with Gasteiger partial charge in [0.2, 0.25) is 0 Å². The highest BCUT2D eigenvalue weighted by atomic mass is 127. The van der Waals surface area contributed by atoms with Gasteiger partial charge in [0.1, 0.15) is 0 Å². The lowest BCUT2D eigenvalue weighted by molar-refractivity contribution is 1.35. The van der Waals surface area contributed by atoms with Crippen LogP contribution in [-0.4, -0.2) is 0 Å². The molecule has 2 aromatic carbocycles. The Morgan fingerprint density at radius 2 is 1.93 bits per heavy atom. The Bertz CT molecular complexity index is 485. The molecule has 72 valence electrons. The smallest absolute Gasteiger partial charge is 0.0625 e. The molecule has 0 aliphatic carbocycles. The highest BCUT2D eigenvalue weighted by Crippen LogP contribution is 2.26. The topological polar surface area (TPSA) is 38.0 Å². The van der Waals surface area contributed by atoms with E-state index in [0.29, 0.717) is 0 Å². The lowest BCUT2D eigenvalue weighted by atomic mass is 10.1. The molecule has 2 aromatic rings. The third-order valence-electron chi connectivity index (χ3n) is 2.04. The summed E-state index contributed by atoms with van der Waals surface area (Å²) in [4.78, 5) is 0. The number of fused-ring (bicyclic) bond motifs is 1. The van der Waals surface area contributed by atoms with Gasteiger partial charge in [0.25, 0.3) is 0 Å². The molecule has 0 spiro atoms. The molecule has 0 amide bonds. The molecule has 0 aliphatic rings. The number of hydrogen-bond acceptors (Lipinski definition) is 2. The monoisotopic (exact) mass is 318 g/mol. The molecule has 3 N–H and O–H groups in total. The van der Waals surface area contributed by atoms with Gasteiger partial charge in [0, 0.05) is 8.59 Å². The molecule has 0 aliphatic heterocycles. The molecule has 0 saturated carbocycles. The Morgan fingerprint density at radius 1 is 1.14 bits per heavy atom. The number of anilines is 1. The van der Waals surface area contributed by atoms with E-state index < -0.39 is 0 Å². The number of rotatable bonds is 1. The van der Waals surface area contributed by atoms with Gasteiger partial charge in [-0.25, -0.2) is 0 Å². The van der Waals surface area contributed by atoms with Crippen molar-refractivity contribution in [1.29, 1.82) is 0 Å². The fourth-order valence-electron chi connectivity index (χ4n) is 1.35. The third-order valence-corrected chi connectivity index (χ3v) is 3.17. The first-order chi connectivity index (χ1) is 6.70. The zero-order valence-electron chi connectivity index (χ0n) is 7.22. The fourth-order valence-corrected chi connectivity index (χ4v) is 2.18. The molecule has 0 radical (unpaired) electrons. The van der Waals surface area contributed by atoms with Gasteiger partial charge in [-0.3, -0.25) is 5.84 Å². The van der Waals surface area contributed by atoms with Gasteiger partial charge >= 0.3 is 0 Å². The summed E-state index contributed by atoms with van der Waals surface area (Å²) in [6.45, 7) is 0. The van der Waals surface area contributed by atoms with Crippen LogP contribution in [0.15, 0.2) is 30.3 Å². The van der Waals surface area contributed by atoms with Crippen LogP contribution < -0.4 is 11.3 Å². The summed E-state index contributed by atoms with van der Waals surface area (Å²) in [5.41, 5.74) is 3.59. The summed E-state index contributed by atoms with van der Waals surface area (Å²) in [5.74, 6) is 5.39. The molecular weight excluding hydrogens is 310 g/mol. The van der Waals surface area contributed by atoms with Crippen LogP contribution in [0.4, 0.5) is 5.69 Å². The second-order valence-corrected chi connectivity index (χ2v) is 4.57. The Hall–Kier alpha value is -0.520. The maximum Gasteiger partial charge on any atom is 0.0625 e. The molecule has 2 nitrogen and oxygen atoms in total. The molecule has 2 rings (SSSR count). The van der Waals surface area contributed by atoms with Gasteiger partial charge in [-0.05, 0) is 57.6 Å². The standard InChI is InChI=1S/C10H8ClIN2/c11-8-2-1-6-5-10(14-13)9(12)4-7(6)3-8/h1-5,14H,13H2. The van der Waals surface area contributed by atoms with Gasteiger partial charge in [0.15, 0.2) is 0 Å². The second kappa shape index (κ2) is 3.92. The van der Waals surface area contributed by atoms with Crippen LogP contribution in [0.5, 0.6) is 0 Å². The van der Waals surface area contributed by atoms with Crippen molar-refractivity contribution in [2.75, 3.05) is 5.43 Å². The highest BCUT2D eigenvalue weighted by molar-refractivity contribution is 14.1. The first-order valence-corrected chi connectivity index (χ1v) is 5.52. The summed E-state index contributed by atoms with van der Waals surface area (Å²) in [6.07, 6.45) is 0. The zero-order chi connectivity index (χ0) is 10.1. The highest BCUT2D eigenvalue weighted by Gasteiger charge is 2.01. The predicted molar refractivity (Wildman–Crippen MR) is 69.5 cm³/mol. The molecule has 0 aromatic heterocycles. The molecule has 0 heterocycles. The van der Waals surface area contributed by atoms with Gasteiger partial charge in [-0.15, -0.1) is 0 Å². The van der Waals surface area contributed by atoms with Gasteiger partial charge in [-0.1, -0.05) is 17.7 Å². The first-order valence-electron chi connectivity index (χ1n) is 4.06. The summed E-state index contributed by atoms with van der Waals surface area (Å²) in [7, 11) is 0. The van der Waals surface area contributed by atoms with Crippen molar-refractivity contribution in [2.24, 2.45) is 5.84 Å². The van der Waals surface area contributed by atoms with E-state index in [1.54, 1.807) is 0 Å². The van der Waals surface area contributed by atoms with E-state index in [0.717, 1.165) is 25.1 Å². The van der Waals surface area contributed by atoms with Gasteiger partial charge in [-0.2, -0.15) is 0 Å². The predicted octanol–water partition coefficient (Wildman–Crippen LogP) is 3.38. The van der Waals surface area contributed by atoms with Crippen molar-refractivity contribution < 1.29 is 0 Å². The van der Waals surface area contributed by atoms with Crippen LogP contribution in [0.1, 0.15) is 0 Å². The minimum absolute atomic E-state index is 0.752. The quantitative estimate of drug-likeness (QED) is 0.480. The Balaban J connectivity index is 2.73. The van der Waals surface area contributed by atoms with E-state index >= 15 is 0 Å². The minimum Gasteiger partial charge on any atom is -0.323 e. The number of nitrogen functional groups attached to an aromatic ring is 1. The van der Waals surface area contributed by atoms with Crippen molar-refractivity contribution in [2.45, 2.75) is 0 Å².